The number of morpholine rings is 1. The number of aryl methyl sites for hydroxylation is 1. The van der Waals surface area contributed by atoms with Crippen LogP contribution < -0.4 is 0 Å². The van der Waals surface area contributed by atoms with Crippen molar-refractivity contribution in [1.29, 1.82) is 0 Å². The van der Waals surface area contributed by atoms with Gasteiger partial charge in [-0.05, 0) is 18.6 Å². The lowest BCUT2D eigenvalue weighted by Gasteiger charge is -2.32. The molecule has 108 valence electrons. The van der Waals surface area contributed by atoms with Gasteiger partial charge in [0.25, 0.3) is 5.91 Å². The molecule has 0 N–H and O–H groups in total. The van der Waals surface area contributed by atoms with Crippen LogP contribution in [0.1, 0.15) is 22.3 Å². The highest BCUT2D eigenvalue weighted by atomic mass is 16.5. The van der Waals surface area contributed by atoms with Crippen molar-refractivity contribution in [2.45, 2.75) is 19.4 Å². The molecule has 1 aromatic carbocycles. The summed E-state index contributed by atoms with van der Waals surface area (Å²) in [5.74, 6) is -0.332. The second-order valence-electron chi connectivity index (χ2n) is 4.84. The molecule has 1 unspecified atom stereocenters. The minimum Gasteiger partial charge on any atom is -0.469 e. The van der Waals surface area contributed by atoms with Crippen molar-refractivity contribution in [3.05, 3.63) is 35.4 Å². The van der Waals surface area contributed by atoms with Gasteiger partial charge in [-0.25, -0.2) is 0 Å². The normalized spacial score (nSPS) is 18.7. The summed E-state index contributed by atoms with van der Waals surface area (Å²) in [4.78, 5) is 25.5. The second kappa shape index (κ2) is 6.52. The summed E-state index contributed by atoms with van der Waals surface area (Å²) in [5.41, 5.74) is 1.65. The number of benzene rings is 1. The minimum absolute atomic E-state index is 0.0127. The van der Waals surface area contributed by atoms with Crippen molar-refractivity contribution in [3.8, 4) is 0 Å². The summed E-state index contributed by atoms with van der Waals surface area (Å²) in [7, 11) is 1.35. The maximum Gasteiger partial charge on any atom is 0.308 e. The largest absolute Gasteiger partial charge is 0.469 e. The fourth-order valence-corrected chi connectivity index (χ4v) is 2.28. The van der Waals surface area contributed by atoms with Gasteiger partial charge in [-0.1, -0.05) is 18.2 Å². The minimum atomic E-state index is -0.319. The number of rotatable bonds is 3. The summed E-state index contributed by atoms with van der Waals surface area (Å²) >= 11 is 0. The van der Waals surface area contributed by atoms with Crippen LogP contribution in [0.15, 0.2) is 24.3 Å². The van der Waals surface area contributed by atoms with Crippen LogP contribution in [0.3, 0.4) is 0 Å². The molecule has 0 aliphatic carbocycles. The lowest BCUT2D eigenvalue weighted by molar-refractivity contribution is -0.145. The van der Waals surface area contributed by atoms with E-state index in [1.54, 1.807) is 4.90 Å². The maximum absolute atomic E-state index is 12.5. The molecule has 0 saturated carbocycles. The number of ether oxygens (including phenoxy) is 2. The molecule has 1 aliphatic heterocycles. The first-order valence-corrected chi connectivity index (χ1v) is 6.65. The molecule has 5 nitrogen and oxygen atoms in total. The Balaban J connectivity index is 2.03. The average Bonchev–Trinajstić information content (AvgIpc) is 2.47. The van der Waals surface area contributed by atoms with Crippen molar-refractivity contribution in [2.24, 2.45) is 0 Å². The number of carbonyl (C=O) groups excluding carboxylic acids is 2. The predicted molar refractivity (Wildman–Crippen MR) is 73.5 cm³/mol. The zero-order valence-electron chi connectivity index (χ0n) is 11.8. The fourth-order valence-electron chi connectivity index (χ4n) is 2.28. The third-order valence-electron chi connectivity index (χ3n) is 3.42. The predicted octanol–water partition coefficient (Wildman–Crippen LogP) is 1.40. The Hall–Kier alpha value is -1.88. The molecule has 20 heavy (non-hydrogen) atoms. The first-order valence-electron chi connectivity index (χ1n) is 6.65. The lowest BCUT2D eigenvalue weighted by Crippen LogP contribution is -2.46. The number of methoxy groups -OCH3 is 1. The zero-order chi connectivity index (χ0) is 14.5. The van der Waals surface area contributed by atoms with E-state index in [0.717, 1.165) is 5.56 Å². The van der Waals surface area contributed by atoms with Gasteiger partial charge in [-0.3, -0.25) is 9.59 Å². The van der Waals surface area contributed by atoms with Crippen molar-refractivity contribution < 1.29 is 19.1 Å². The van der Waals surface area contributed by atoms with Gasteiger partial charge >= 0.3 is 5.97 Å². The molecular weight excluding hydrogens is 258 g/mol. The molecule has 1 aliphatic rings. The van der Waals surface area contributed by atoms with Gasteiger partial charge in [0.2, 0.25) is 0 Å². The second-order valence-corrected chi connectivity index (χ2v) is 4.84. The first kappa shape index (κ1) is 14.5. The molecule has 2 rings (SSSR count). The van der Waals surface area contributed by atoms with Gasteiger partial charge in [0.15, 0.2) is 0 Å². The summed E-state index contributed by atoms with van der Waals surface area (Å²) in [5, 5.41) is 0. The number of carbonyl (C=O) groups is 2. The third kappa shape index (κ3) is 3.36. The van der Waals surface area contributed by atoms with Crippen LogP contribution in [0.4, 0.5) is 0 Å². The average molecular weight is 277 g/mol. The van der Waals surface area contributed by atoms with Gasteiger partial charge in [-0.2, -0.15) is 0 Å². The van der Waals surface area contributed by atoms with E-state index in [0.29, 0.717) is 25.3 Å². The van der Waals surface area contributed by atoms with Crippen molar-refractivity contribution in [2.75, 3.05) is 26.8 Å². The number of hydrogen-bond donors (Lipinski definition) is 0. The number of hydrogen-bond acceptors (Lipinski definition) is 4. The maximum atomic E-state index is 12.5. The van der Waals surface area contributed by atoms with Crippen LogP contribution in [-0.2, 0) is 14.3 Å². The van der Waals surface area contributed by atoms with Crippen LogP contribution in [-0.4, -0.2) is 49.7 Å². The Morgan fingerprint density at radius 3 is 2.85 bits per heavy atom. The Kier molecular flexibility index (Phi) is 4.74. The summed E-state index contributed by atoms with van der Waals surface area (Å²) in [6.45, 7) is 3.33. The summed E-state index contributed by atoms with van der Waals surface area (Å²) < 4.78 is 10.1. The van der Waals surface area contributed by atoms with E-state index in [4.69, 9.17) is 4.74 Å². The highest BCUT2D eigenvalue weighted by molar-refractivity contribution is 5.95. The Bertz CT molecular complexity index is 500. The zero-order valence-corrected chi connectivity index (χ0v) is 11.8. The Morgan fingerprint density at radius 1 is 1.40 bits per heavy atom. The molecular formula is C15H19NO4. The molecule has 0 bridgehead atoms. The highest BCUT2D eigenvalue weighted by Gasteiger charge is 2.27. The van der Waals surface area contributed by atoms with E-state index in [1.165, 1.54) is 7.11 Å². The molecule has 0 aromatic heterocycles. The van der Waals surface area contributed by atoms with Crippen molar-refractivity contribution >= 4 is 11.9 Å². The molecule has 1 aromatic rings. The molecule has 5 heteroatoms. The molecule has 1 atom stereocenters. The van der Waals surface area contributed by atoms with Gasteiger partial charge < -0.3 is 14.4 Å². The van der Waals surface area contributed by atoms with Crippen molar-refractivity contribution in [3.63, 3.8) is 0 Å². The monoisotopic (exact) mass is 277 g/mol. The molecule has 0 radical (unpaired) electrons. The first-order chi connectivity index (χ1) is 9.61. The van der Waals surface area contributed by atoms with E-state index < -0.39 is 0 Å². The van der Waals surface area contributed by atoms with E-state index in [2.05, 4.69) is 4.74 Å². The van der Waals surface area contributed by atoms with Crippen molar-refractivity contribution in [1.82, 2.24) is 4.90 Å². The Labute approximate surface area is 118 Å². The van der Waals surface area contributed by atoms with E-state index in [-0.39, 0.29) is 24.4 Å². The van der Waals surface area contributed by atoms with Gasteiger partial charge in [0.1, 0.15) is 0 Å². The fraction of sp³-hybridized carbons (Fsp3) is 0.467. The standard InChI is InChI=1S/C15H19NO4/c1-11-5-3-4-6-13(11)15(18)16-7-8-20-12(10-16)9-14(17)19-2/h3-6,12H,7-10H2,1-2H3. The molecule has 1 amide bonds. The van der Waals surface area contributed by atoms with E-state index in [9.17, 15) is 9.59 Å². The van der Waals surface area contributed by atoms with Crippen LogP contribution >= 0.6 is 0 Å². The van der Waals surface area contributed by atoms with Gasteiger partial charge in [-0.15, -0.1) is 0 Å². The topological polar surface area (TPSA) is 55.8 Å². The molecule has 1 heterocycles. The summed E-state index contributed by atoms with van der Waals surface area (Å²) in [6, 6.07) is 7.50. The number of nitrogens with zero attached hydrogens (tertiary/aromatic N) is 1. The Morgan fingerprint density at radius 2 is 2.15 bits per heavy atom. The van der Waals surface area contributed by atoms with Crippen LogP contribution in [0.2, 0.25) is 0 Å². The van der Waals surface area contributed by atoms with E-state index in [1.807, 2.05) is 31.2 Å². The van der Waals surface area contributed by atoms with Crippen LogP contribution in [0.5, 0.6) is 0 Å². The van der Waals surface area contributed by atoms with E-state index >= 15 is 0 Å². The van der Waals surface area contributed by atoms with Crippen LogP contribution in [0, 0.1) is 6.92 Å². The summed E-state index contributed by atoms with van der Waals surface area (Å²) in [6.07, 6.45) is -0.113. The van der Waals surface area contributed by atoms with Gasteiger partial charge in [0.05, 0.1) is 26.2 Å². The quantitative estimate of drug-likeness (QED) is 0.784. The smallest absolute Gasteiger partial charge is 0.308 e. The number of esters is 1. The molecule has 0 spiro atoms. The van der Waals surface area contributed by atoms with Crippen LogP contribution in [0.25, 0.3) is 0 Å². The number of amides is 1. The molecule has 1 fully saturated rings. The molecule has 1 saturated heterocycles. The third-order valence-corrected chi connectivity index (χ3v) is 3.42. The lowest BCUT2D eigenvalue weighted by atomic mass is 10.1. The SMILES string of the molecule is COC(=O)CC1CN(C(=O)c2ccccc2C)CCO1. The highest BCUT2D eigenvalue weighted by Crippen LogP contribution is 2.15. The van der Waals surface area contributed by atoms with Gasteiger partial charge in [0, 0.05) is 18.7 Å².